The molecule has 186 valence electrons. The van der Waals surface area contributed by atoms with Crippen LogP contribution in [0.1, 0.15) is 11.1 Å². The number of hydrogen-bond donors (Lipinski definition) is 1. The Morgan fingerprint density at radius 3 is 2.47 bits per heavy atom. The van der Waals surface area contributed by atoms with E-state index in [0.29, 0.717) is 16.8 Å². The molecule has 10 heteroatoms. The molecule has 0 aliphatic heterocycles. The molecule has 0 aliphatic carbocycles. The van der Waals surface area contributed by atoms with Crippen LogP contribution >= 0.6 is 11.8 Å². The van der Waals surface area contributed by atoms with E-state index in [1.54, 1.807) is 12.1 Å². The van der Waals surface area contributed by atoms with Gasteiger partial charge in [0.25, 0.3) is 0 Å². The Labute approximate surface area is 210 Å². The van der Waals surface area contributed by atoms with Crippen molar-refractivity contribution in [3.8, 4) is 0 Å². The van der Waals surface area contributed by atoms with Crippen molar-refractivity contribution >= 4 is 44.0 Å². The highest BCUT2D eigenvalue weighted by atomic mass is 32.2. The van der Waals surface area contributed by atoms with Crippen molar-refractivity contribution in [2.75, 3.05) is 16.8 Å². The first-order valence-corrected chi connectivity index (χ1v) is 13.5. The van der Waals surface area contributed by atoms with E-state index in [2.05, 4.69) is 10.3 Å². The molecule has 36 heavy (non-hydrogen) atoms. The zero-order chi connectivity index (χ0) is 25.8. The Morgan fingerprint density at radius 1 is 0.917 bits per heavy atom. The molecule has 0 bridgehead atoms. The molecule has 0 saturated heterocycles. The van der Waals surface area contributed by atoms with Gasteiger partial charge in [-0.15, -0.1) is 11.8 Å². The van der Waals surface area contributed by atoms with Crippen molar-refractivity contribution in [1.29, 1.82) is 0 Å². The van der Waals surface area contributed by atoms with Gasteiger partial charge in [0.15, 0.2) is 9.84 Å². The summed E-state index contributed by atoms with van der Waals surface area (Å²) in [5.74, 6) is -0.597. The molecule has 1 amide bonds. The number of rotatable bonds is 8. The lowest BCUT2D eigenvalue weighted by molar-refractivity contribution is -0.137. The first-order chi connectivity index (χ1) is 17.1. The summed E-state index contributed by atoms with van der Waals surface area (Å²) in [7, 11) is -3.94. The third-order valence-corrected chi connectivity index (χ3v) is 8.31. The van der Waals surface area contributed by atoms with E-state index >= 15 is 0 Å². The molecule has 0 unspecified atom stereocenters. The maximum atomic E-state index is 12.9. The van der Waals surface area contributed by atoms with Crippen LogP contribution in [0.15, 0.2) is 95.0 Å². The fourth-order valence-corrected chi connectivity index (χ4v) is 6.20. The molecule has 3 aromatic carbocycles. The molecule has 1 N–H and O–H groups in total. The van der Waals surface area contributed by atoms with Gasteiger partial charge in [-0.05, 0) is 46.7 Å². The van der Waals surface area contributed by atoms with Gasteiger partial charge < -0.3 is 5.32 Å². The molecule has 0 radical (unpaired) electrons. The summed E-state index contributed by atoms with van der Waals surface area (Å²) < 4.78 is 64.0. The van der Waals surface area contributed by atoms with Gasteiger partial charge in [-0.3, -0.25) is 4.79 Å². The smallest absolute Gasteiger partial charge is 0.323 e. The number of benzene rings is 3. The lowest BCUT2D eigenvalue weighted by atomic mass is 10.0. The predicted molar refractivity (Wildman–Crippen MR) is 135 cm³/mol. The Morgan fingerprint density at radius 2 is 1.69 bits per heavy atom. The van der Waals surface area contributed by atoms with Crippen LogP contribution in [0.3, 0.4) is 0 Å². The number of nitrogens with one attached hydrogen (secondary N) is 1. The fraction of sp³-hybridized carbons (Fsp3) is 0.154. The van der Waals surface area contributed by atoms with Gasteiger partial charge >= 0.3 is 6.18 Å². The third kappa shape index (κ3) is 6.44. The van der Waals surface area contributed by atoms with Crippen LogP contribution in [0.2, 0.25) is 0 Å². The third-order valence-electron chi connectivity index (χ3n) is 5.34. The summed E-state index contributed by atoms with van der Waals surface area (Å²) in [5, 5.41) is 5.34. The highest BCUT2D eigenvalue weighted by molar-refractivity contribution is 8.00. The molecule has 0 aliphatic rings. The molecular weight excluding hydrogens is 509 g/mol. The molecule has 0 spiro atoms. The van der Waals surface area contributed by atoms with E-state index in [1.807, 2.05) is 42.5 Å². The zero-order valence-electron chi connectivity index (χ0n) is 18.8. The maximum Gasteiger partial charge on any atom is 0.416 e. The van der Waals surface area contributed by atoms with Crippen LogP contribution in [-0.4, -0.2) is 30.8 Å². The monoisotopic (exact) mass is 530 g/mol. The van der Waals surface area contributed by atoms with Crippen LogP contribution in [0.25, 0.3) is 10.8 Å². The number of thioether (sulfide) groups is 1. The molecule has 1 heterocycles. The summed E-state index contributed by atoms with van der Waals surface area (Å²) in [6.07, 6.45) is -2.97. The lowest BCUT2D eigenvalue weighted by Gasteiger charge is -2.11. The number of hydrogen-bond acceptors (Lipinski definition) is 5. The van der Waals surface area contributed by atoms with E-state index < -0.39 is 21.6 Å². The number of aromatic nitrogens is 1. The second-order valence-corrected chi connectivity index (χ2v) is 11.1. The minimum Gasteiger partial charge on any atom is -0.323 e. The van der Waals surface area contributed by atoms with Gasteiger partial charge in [-0.2, -0.15) is 13.2 Å². The molecule has 0 fully saturated rings. The number of pyridine rings is 1. The molecule has 5 nitrogen and oxygen atoms in total. The Balaban J connectivity index is 1.39. The molecule has 4 rings (SSSR count). The second-order valence-electron chi connectivity index (χ2n) is 7.96. The average molecular weight is 531 g/mol. The summed E-state index contributed by atoms with van der Waals surface area (Å²) in [6.45, 7) is 0. The average Bonchev–Trinajstić information content (AvgIpc) is 2.84. The summed E-state index contributed by atoms with van der Waals surface area (Å²) >= 11 is 1.10. The van der Waals surface area contributed by atoms with Crippen LogP contribution < -0.4 is 5.32 Å². The topological polar surface area (TPSA) is 76.1 Å². The lowest BCUT2D eigenvalue weighted by Crippen LogP contribution is -2.15. The van der Waals surface area contributed by atoms with Gasteiger partial charge in [0.05, 0.1) is 28.3 Å². The van der Waals surface area contributed by atoms with Crippen molar-refractivity contribution in [2.45, 2.75) is 22.5 Å². The normalized spacial score (nSPS) is 12.0. The van der Waals surface area contributed by atoms with Crippen LogP contribution in [0.4, 0.5) is 18.9 Å². The first-order valence-electron chi connectivity index (χ1n) is 10.9. The highest BCUT2D eigenvalue weighted by Crippen LogP contribution is 2.31. The van der Waals surface area contributed by atoms with Crippen LogP contribution in [0, 0.1) is 0 Å². The van der Waals surface area contributed by atoms with Crippen molar-refractivity contribution in [2.24, 2.45) is 0 Å². The maximum absolute atomic E-state index is 12.9. The summed E-state index contributed by atoms with van der Waals surface area (Å²) in [4.78, 5) is 16.5. The van der Waals surface area contributed by atoms with Gasteiger partial charge in [0.2, 0.25) is 5.91 Å². The van der Waals surface area contributed by atoms with Crippen LogP contribution in [0.5, 0.6) is 0 Å². The van der Waals surface area contributed by atoms with Crippen LogP contribution in [-0.2, 0) is 27.2 Å². The standard InChI is InChI=1S/C26H21F3N2O3S2/c27-26(28,29)21-7-3-8-22(17-21)36(33,34)14-13-35-25-23(9-4-12-30-25)31-24(32)16-18-10-11-19-5-1-2-6-20(19)15-18/h1-12,15,17H,13-14,16H2,(H,31,32). The Bertz CT molecular complexity index is 1510. The predicted octanol–water partition coefficient (Wildman–Crippen LogP) is 6.00. The zero-order valence-corrected chi connectivity index (χ0v) is 20.5. The Hall–Kier alpha value is -3.37. The number of halogens is 3. The Kier molecular flexibility index (Phi) is 7.65. The second kappa shape index (κ2) is 10.7. The number of sulfone groups is 1. The highest BCUT2D eigenvalue weighted by Gasteiger charge is 2.31. The minimum atomic E-state index is -4.63. The number of alkyl halides is 3. The van der Waals surface area contributed by atoms with Gasteiger partial charge in [-0.25, -0.2) is 13.4 Å². The molecular formula is C26H21F3N2O3S2. The number of fused-ring (bicyclic) bond motifs is 1. The number of carbonyl (C=O) groups is 1. The van der Waals surface area contributed by atoms with Gasteiger partial charge in [0.1, 0.15) is 5.03 Å². The van der Waals surface area contributed by atoms with E-state index in [-0.39, 0.29) is 28.7 Å². The minimum absolute atomic E-state index is 0.0448. The summed E-state index contributed by atoms with van der Waals surface area (Å²) in [5.41, 5.74) is 0.263. The van der Waals surface area contributed by atoms with E-state index in [0.717, 1.165) is 46.3 Å². The van der Waals surface area contributed by atoms with Crippen molar-refractivity contribution in [3.05, 3.63) is 96.2 Å². The van der Waals surface area contributed by atoms with Crippen molar-refractivity contribution in [3.63, 3.8) is 0 Å². The number of anilines is 1. The van der Waals surface area contributed by atoms with Gasteiger partial charge in [0, 0.05) is 11.9 Å². The van der Waals surface area contributed by atoms with E-state index in [4.69, 9.17) is 0 Å². The van der Waals surface area contributed by atoms with Gasteiger partial charge in [-0.1, -0.05) is 48.5 Å². The molecule has 4 aromatic rings. The molecule has 0 atom stereocenters. The number of carbonyl (C=O) groups excluding carboxylic acids is 1. The van der Waals surface area contributed by atoms with Crippen molar-refractivity contribution in [1.82, 2.24) is 4.98 Å². The number of amides is 1. The van der Waals surface area contributed by atoms with Crippen molar-refractivity contribution < 1.29 is 26.4 Å². The summed E-state index contributed by atoms with van der Waals surface area (Å²) in [6, 6.07) is 20.6. The molecule has 0 saturated carbocycles. The first kappa shape index (κ1) is 25.7. The fourth-order valence-electron chi connectivity index (χ4n) is 3.56. The molecule has 1 aromatic heterocycles. The van der Waals surface area contributed by atoms with E-state index in [1.165, 1.54) is 6.20 Å². The largest absolute Gasteiger partial charge is 0.416 e. The number of nitrogens with zero attached hydrogens (tertiary/aromatic N) is 1. The SMILES string of the molecule is O=C(Cc1ccc2ccccc2c1)Nc1cccnc1SCCS(=O)(=O)c1cccc(C(F)(F)F)c1. The van der Waals surface area contributed by atoms with E-state index in [9.17, 15) is 26.4 Å². The quantitative estimate of drug-likeness (QED) is 0.283.